The van der Waals surface area contributed by atoms with Crippen molar-refractivity contribution >= 4 is 11.8 Å². The number of piperidine rings is 1. The summed E-state index contributed by atoms with van der Waals surface area (Å²) in [5.74, 6) is 0.0451. The van der Waals surface area contributed by atoms with Crippen LogP contribution in [0, 0.1) is 18.8 Å². The number of hydrogen-bond donors (Lipinski definition) is 2. The summed E-state index contributed by atoms with van der Waals surface area (Å²) in [6.07, 6.45) is 4.22. The van der Waals surface area contributed by atoms with E-state index in [1.54, 1.807) is 4.90 Å². The molecule has 1 aliphatic heterocycles. The van der Waals surface area contributed by atoms with Gasteiger partial charge in [-0.05, 0) is 44.7 Å². The number of nitrogens with one attached hydrogen (secondary N) is 1. The van der Waals surface area contributed by atoms with Crippen LogP contribution in [0.4, 0.5) is 0 Å². The fraction of sp³-hybridized carbons (Fsp3) is 0.600. The van der Waals surface area contributed by atoms with Crippen molar-refractivity contribution in [2.24, 2.45) is 11.8 Å². The largest absolute Gasteiger partial charge is 0.393 e. The Balaban J connectivity index is 1.54. The van der Waals surface area contributed by atoms with E-state index in [9.17, 15) is 14.7 Å². The second-order valence-electron chi connectivity index (χ2n) is 7.46. The minimum Gasteiger partial charge on any atom is -0.393 e. The molecule has 0 spiro atoms. The maximum Gasteiger partial charge on any atom is 0.253 e. The number of benzene rings is 1. The second kappa shape index (κ2) is 8.00. The molecule has 3 atom stereocenters. The van der Waals surface area contributed by atoms with Gasteiger partial charge in [0.2, 0.25) is 5.91 Å². The summed E-state index contributed by atoms with van der Waals surface area (Å²) in [4.78, 5) is 26.9. The SMILES string of the molecule is Cc1ccc(C(=O)N2CCCC(C(=O)NCC3CCCC3O)C2)cc1. The minimum absolute atomic E-state index is 0.00344. The monoisotopic (exact) mass is 344 g/mol. The fourth-order valence-electron chi connectivity index (χ4n) is 3.89. The molecule has 0 bridgehead atoms. The van der Waals surface area contributed by atoms with Crippen LogP contribution in [0.5, 0.6) is 0 Å². The van der Waals surface area contributed by atoms with Gasteiger partial charge in [-0.2, -0.15) is 0 Å². The van der Waals surface area contributed by atoms with Crippen molar-refractivity contribution in [3.63, 3.8) is 0 Å². The molecule has 25 heavy (non-hydrogen) atoms. The van der Waals surface area contributed by atoms with Crippen LogP contribution in [-0.4, -0.2) is 47.6 Å². The fourth-order valence-corrected chi connectivity index (χ4v) is 3.89. The molecule has 1 saturated heterocycles. The van der Waals surface area contributed by atoms with E-state index in [-0.39, 0.29) is 29.8 Å². The summed E-state index contributed by atoms with van der Waals surface area (Å²) in [6, 6.07) is 7.58. The van der Waals surface area contributed by atoms with Crippen molar-refractivity contribution in [2.45, 2.75) is 45.1 Å². The van der Waals surface area contributed by atoms with E-state index in [4.69, 9.17) is 0 Å². The van der Waals surface area contributed by atoms with Crippen molar-refractivity contribution in [3.8, 4) is 0 Å². The molecule has 3 rings (SSSR count). The third-order valence-corrected chi connectivity index (χ3v) is 5.54. The predicted molar refractivity (Wildman–Crippen MR) is 96.2 cm³/mol. The van der Waals surface area contributed by atoms with Gasteiger partial charge < -0.3 is 15.3 Å². The van der Waals surface area contributed by atoms with Gasteiger partial charge in [-0.1, -0.05) is 24.1 Å². The Hall–Kier alpha value is -1.88. The number of carbonyl (C=O) groups excluding carboxylic acids is 2. The van der Waals surface area contributed by atoms with E-state index in [1.165, 1.54) is 0 Å². The molecule has 5 heteroatoms. The Bertz CT molecular complexity index is 614. The molecule has 1 aliphatic carbocycles. The Labute approximate surface area is 149 Å². The zero-order valence-electron chi connectivity index (χ0n) is 14.9. The summed E-state index contributed by atoms with van der Waals surface area (Å²) in [7, 11) is 0. The molecule has 2 amide bonds. The first-order valence-corrected chi connectivity index (χ1v) is 9.36. The minimum atomic E-state index is -0.286. The Morgan fingerprint density at radius 2 is 1.92 bits per heavy atom. The van der Waals surface area contributed by atoms with Gasteiger partial charge in [0, 0.05) is 31.1 Å². The van der Waals surface area contributed by atoms with Gasteiger partial charge in [0.25, 0.3) is 5.91 Å². The Kier molecular flexibility index (Phi) is 5.74. The number of likely N-dealkylation sites (tertiary alicyclic amines) is 1. The quantitative estimate of drug-likeness (QED) is 0.879. The van der Waals surface area contributed by atoms with Crippen molar-refractivity contribution in [1.29, 1.82) is 0 Å². The number of hydrogen-bond acceptors (Lipinski definition) is 3. The lowest BCUT2D eigenvalue weighted by Gasteiger charge is -2.32. The van der Waals surface area contributed by atoms with Crippen LogP contribution in [0.25, 0.3) is 0 Å². The van der Waals surface area contributed by atoms with Crippen molar-refractivity contribution in [2.75, 3.05) is 19.6 Å². The van der Waals surface area contributed by atoms with Crippen LogP contribution < -0.4 is 5.32 Å². The number of aryl methyl sites for hydroxylation is 1. The molecular weight excluding hydrogens is 316 g/mol. The molecule has 2 aliphatic rings. The summed E-state index contributed by atoms with van der Waals surface area (Å²) in [6.45, 7) is 3.73. The third kappa shape index (κ3) is 4.40. The van der Waals surface area contributed by atoms with Crippen LogP contribution in [0.15, 0.2) is 24.3 Å². The zero-order chi connectivity index (χ0) is 17.8. The summed E-state index contributed by atoms with van der Waals surface area (Å²) in [5.41, 5.74) is 1.81. The molecule has 1 saturated carbocycles. The second-order valence-corrected chi connectivity index (χ2v) is 7.46. The van der Waals surface area contributed by atoms with Gasteiger partial charge in [0.05, 0.1) is 12.0 Å². The standard InChI is InChI=1S/C20H28N2O3/c1-14-7-9-15(10-8-14)20(25)22-11-3-5-17(13-22)19(24)21-12-16-4-2-6-18(16)23/h7-10,16-18,23H,2-6,11-13H2,1H3,(H,21,24). The van der Waals surface area contributed by atoms with Crippen molar-refractivity contribution in [3.05, 3.63) is 35.4 Å². The highest BCUT2D eigenvalue weighted by Gasteiger charge is 2.30. The van der Waals surface area contributed by atoms with Gasteiger partial charge >= 0.3 is 0 Å². The summed E-state index contributed by atoms with van der Waals surface area (Å²) < 4.78 is 0. The number of aliphatic hydroxyl groups excluding tert-OH is 1. The topological polar surface area (TPSA) is 69.6 Å². The molecule has 1 aromatic rings. The van der Waals surface area contributed by atoms with E-state index < -0.39 is 0 Å². The smallest absolute Gasteiger partial charge is 0.253 e. The maximum atomic E-state index is 12.7. The van der Waals surface area contributed by atoms with Crippen molar-refractivity contribution in [1.82, 2.24) is 10.2 Å². The Morgan fingerprint density at radius 1 is 1.16 bits per heavy atom. The lowest BCUT2D eigenvalue weighted by Crippen LogP contribution is -2.46. The van der Waals surface area contributed by atoms with E-state index in [1.807, 2.05) is 31.2 Å². The Morgan fingerprint density at radius 3 is 2.60 bits per heavy atom. The molecule has 5 nitrogen and oxygen atoms in total. The highest BCUT2D eigenvalue weighted by atomic mass is 16.3. The zero-order valence-corrected chi connectivity index (χ0v) is 14.9. The van der Waals surface area contributed by atoms with E-state index in [0.717, 1.165) is 37.7 Å². The average molecular weight is 344 g/mol. The van der Waals surface area contributed by atoms with Crippen LogP contribution in [0.2, 0.25) is 0 Å². The van der Waals surface area contributed by atoms with Gasteiger partial charge in [0.15, 0.2) is 0 Å². The number of carbonyl (C=O) groups is 2. The maximum absolute atomic E-state index is 12.7. The number of amides is 2. The summed E-state index contributed by atoms with van der Waals surface area (Å²) in [5, 5.41) is 12.9. The third-order valence-electron chi connectivity index (χ3n) is 5.54. The molecule has 0 aromatic heterocycles. The molecule has 0 radical (unpaired) electrons. The van der Waals surface area contributed by atoms with Gasteiger partial charge in [-0.3, -0.25) is 9.59 Å². The number of nitrogens with zero attached hydrogens (tertiary/aromatic N) is 1. The lowest BCUT2D eigenvalue weighted by molar-refractivity contribution is -0.126. The lowest BCUT2D eigenvalue weighted by atomic mass is 9.96. The first kappa shape index (κ1) is 17.9. The molecule has 136 valence electrons. The van der Waals surface area contributed by atoms with Crippen LogP contribution >= 0.6 is 0 Å². The summed E-state index contributed by atoms with van der Waals surface area (Å²) >= 11 is 0. The first-order valence-electron chi connectivity index (χ1n) is 9.36. The molecule has 2 N–H and O–H groups in total. The molecule has 2 fully saturated rings. The highest BCUT2D eigenvalue weighted by molar-refractivity contribution is 5.94. The first-order chi connectivity index (χ1) is 12.0. The number of aliphatic hydroxyl groups is 1. The predicted octanol–water partition coefficient (Wildman–Crippen LogP) is 2.12. The van der Waals surface area contributed by atoms with Crippen molar-refractivity contribution < 1.29 is 14.7 Å². The number of rotatable bonds is 4. The van der Waals surface area contributed by atoms with Gasteiger partial charge in [-0.25, -0.2) is 0 Å². The van der Waals surface area contributed by atoms with E-state index >= 15 is 0 Å². The van der Waals surface area contributed by atoms with E-state index in [0.29, 0.717) is 25.2 Å². The van der Waals surface area contributed by atoms with Gasteiger partial charge in [0.1, 0.15) is 0 Å². The average Bonchev–Trinajstić information content (AvgIpc) is 3.05. The molecule has 1 aromatic carbocycles. The van der Waals surface area contributed by atoms with Crippen LogP contribution in [-0.2, 0) is 4.79 Å². The highest BCUT2D eigenvalue weighted by Crippen LogP contribution is 2.25. The molecular formula is C20H28N2O3. The normalized spacial score (nSPS) is 26.5. The van der Waals surface area contributed by atoms with E-state index in [2.05, 4.69) is 5.32 Å². The molecule has 3 unspecified atom stereocenters. The van der Waals surface area contributed by atoms with Gasteiger partial charge in [-0.15, -0.1) is 0 Å². The van der Waals surface area contributed by atoms with Crippen LogP contribution in [0.3, 0.4) is 0 Å². The van der Waals surface area contributed by atoms with Crippen LogP contribution in [0.1, 0.15) is 48.0 Å². The molecule has 1 heterocycles.